The standard InChI is InChI=1S/C10H12N.BF4/c1-3-11-8-10-6-4-9(2)5-7-10;2-1(3,4)5/h4-7H,3H2,1-2H3;/q+1;-1. The van der Waals surface area contributed by atoms with E-state index in [1.54, 1.807) is 0 Å². The molecule has 0 aliphatic heterocycles. The van der Waals surface area contributed by atoms with Crippen molar-refractivity contribution in [2.24, 2.45) is 0 Å². The van der Waals surface area contributed by atoms with Gasteiger partial charge in [0.2, 0.25) is 0 Å². The van der Waals surface area contributed by atoms with Crippen LogP contribution in [0.25, 0.3) is 4.85 Å². The van der Waals surface area contributed by atoms with Crippen molar-refractivity contribution in [3.63, 3.8) is 0 Å². The lowest BCUT2D eigenvalue weighted by Gasteiger charge is -1.94. The lowest BCUT2D eigenvalue weighted by atomic mass is 10.2. The molecule has 0 radical (unpaired) electrons. The molecule has 0 saturated heterocycles. The highest BCUT2D eigenvalue weighted by Gasteiger charge is 2.20. The highest BCUT2D eigenvalue weighted by Crippen LogP contribution is 2.06. The second-order valence-electron chi connectivity index (χ2n) is 2.95. The van der Waals surface area contributed by atoms with Gasteiger partial charge in [-0.2, -0.15) is 0 Å². The maximum absolute atomic E-state index is 9.75. The molecule has 1 aromatic rings. The third-order valence-electron chi connectivity index (χ3n) is 1.42. The van der Waals surface area contributed by atoms with Crippen LogP contribution in [0.2, 0.25) is 0 Å². The summed E-state index contributed by atoms with van der Waals surface area (Å²) in [5.41, 5.74) is 2.32. The van der Waals surface area contributed by atoms with Crippen LogP contribution in [0.5, 0.6) is 0 Å². The third-order valence-corrected chi connectivity index (χ3v) is 1.42. The van der Waals surface area contributed by atoms with Crippen molar-refractivity contribution in [1.82, 2.24) is 0 Å². The Hall–Kier alpha value is -1.51. The fourth-order valence-electron chi connectivity index (χ4n) is 0.798. The van der Waals surface area contributed by atoms with Crippen molar-refractivity contribution in [2.45, 2.75) is 13.8 Å². The minimum absolute atomic E-state index is 0.799. The zero-order chi connectivity index (χ0) is 12.6. The molecule has 88 valence electrons. The summed E-state index contributed by atoms with van der Waals surface area (Å²) < 4.78 is 39.0. The monoisotopic (exact) mass is 233 g/mol. The third kappa shape index (κ3) is 10.6. The van der Waals surface area contributed by atoms with Crippen molar-refractivity contribution in [2.75, 3.05) is 6.54 Å². The van der Waals surface area contributed by atoms with E-state index in [4.69, 9.17) is 0 Å². The van der Waals surface area contributed by atoms with Crippen LogP contribution in [-0.2, 0) is 0 Å². The minimum atomic E-state index is -6.00. The minimum Gasteiger partial charge on any atom is -0.418 e. The molecular formula is C10H12BF4N. The number of halogens is 4. The van der Waals surface area contributed by atoms with Crippen molar-refractivity contribution in [3.8, 4) is 6.07 Å². The topological polar surface area (TPSA) is 4.36 Å². The van der Waals surface area contributed by atoms with Crippen LogP contribution in [0.3, 0.4) is 0 Å². The largest absolute Gasteiger partial charge is 0.673 e. The van der Waals surface area contributed by atoms with E-state index < -0.39 is 7.25 Å². The fraction of sp³-hybridized carbons (Fsp3) is 0.300. The van der Waals surface area contributed by atoms with E-state index in [0.29, 0.717) is 0 Å². The summed E-state index contributed by atoms with van der Waals surface area (Å²) >= 11 is 0. The molecule has 0 aromatic heterocycles. The first-order valence-electron chi connectivity index (χ1n) is 4.69. The lowest BCUT2D eigenvalue weighted by Crippen LogP contribution is -2.02. The van der Waals surface area contributed by atoms with Gasteiger partial charge in [-0.15, -0.1) is 0 Å². The van der Waals surface area contributed by atoms with Crippen LogP contribution in [0, 0.1) is 13.0 Å². The molecule has 0 saturated carbocycles. The summed E-state index contributed by atoms with van der Waals surface area (Å²) in [6, 6.07) is 11.1. The Morgan fingerprint density at radius 2 is 1.56 bits per heavy atom. The number of aryl methyl sites for hydroxylation is 1. The summed E-state index contributed by atoms with van der Waals surface area (Å²) in [5, 5.41) is 0. The second-order valence-corrected chi connectivity index (χ2v) is 2.95. The van der Waals surface area contributed by atoms with Gasteiger partial charge in [0, 0.05) is 6.92 Å². The molecule has 0 unspecified atom stereocenters. The van der Waals surface area contributed by atoms with Gasteiger partial charge in [0.1, 0.15) is 5.56 Å². The molecule has 0 spiro atoms. The van der Waals surface area contributed by atoms with E-state index in [-0.39, 0.29) is 0 Å². The highest BCUT2D eigenvalue weighted by molar-refractivity contribution is 6.50. The predicted octanol–water partition coefficient (Wildman–Crippen LogP) is 4.00. The van der Waals surface area contributed by atoms with Crippen LogP contribution in [0.1, 0.15) is 18.1 Å². The molecule has 1 rings (SSSR count). The Kier molecular flexibility index (Phi) is 6.24. The summed E-state index contributed by atoms with van der Waals surface area (Å²) in [5.74, 6) is 0. The second kappa shape index (κ2) is 6.88. The Bertz CT molecular complexity index is 355. The van der Waals surface area contributed by atoms with Crippen molar-refractivity contribution >= 4 is 7.25 Å². The van der Waals surface area contributed by atoms with Crippen molar-refractivity contribution < 1.29 is 17.3 Å². The molecule has 1 aromatic carbocycles. The molecule has 16 heavy (non-hydrogen) atoms. The van der Waals surface area contributed by atoms with Crippen molar-refractivity contribution in [1.29, 1.82) is 0 Å². The molecule has 0 bridgehead atoms. The van der Waals surface area contributed by atoms with E-state index in [1.165, 1.54) is 5.56 Å². The van der Waals surface area contributed by atoms with Gasteiger partial charge in [-0.1, -0.05) is 22.5 Å². The van der Waals surface area contributed by atoms with Gasteiger partial charge in [-0.25, -0.2) is 0 Å². The maximum atomic E-state index is 9.75. The van der Waals surface area contributed by atoms with E-state index in [1.807, 2.05) is 19.1 Å². The normalized spacial score (nSPS) is 9.62. The number of hydrogen-bond acceptors (Lipinski definition) is 0. The van der Waals surface area contributed by atoms with Crippen molar-refractivity contribution in [3.05, 3.63) is 40.2 Å². The van der Waals surface area contributed by atoms with Gasteiger partial charge in [0.15, 0.2) is 0 Å². The van der Waals surface area contributed by atoms with Gasteiger partial charge in [-0.3, -0.25) is 0 Å². The fourth-order valence-corrected chi connectivity index (χ4v) is 0.798. The average molecular weight is 233 g/mol. The molecule has 0 aliphatic carbocycles. The Morgan fingerprint density at radius 1 is 1.12 bits per heavy atom. The predicted molar refractivity (Wildman–Crippen MR) is 58.3 cm³/mol. The Balaban J connectivity index is 0.000000385. The zero-order valence-electron chi connectivity index (χ0n) is 9.05. The molecule has 0 amide bonds. The molecule has 0 N–H and O–H groups in total. The summed E-state index contributed by atoms with van der Waals surface area (Å²) in [4.78, 5) is 4.02. The van der Waals surface area contributed by atoms with Crippen LogP contribution >= 0.6 is 0 Å². The first-order valence-corrected chi connectivity index (χ1v) is 4.69. The number of rotatable bonds is 0. The van der Waals surface area contributed by atoms with E-state index >= 15 is 0 Å². The van der Waals surface area contributed by atoms with E-state index in [0.717, 1.165) is 12.1 Å². The first kappa shape index (κ1) is 14.5. The van der Waals surface area contributed by atoms with Gasteiger partial charge in [0.25, 0.3) is 6.54 Å². The van der Waals surface area contributed by atoms with Gasteiger partial charge in [0.05, 0.1) is 0 Å². The average Bonchev–Trinajstić information content (AvgIpc) is 2.14. The summed E-state index contributed by atoms with van der Waals surface area (Å²) in [7, 11) is -6.00. The van der Waals surface area contributed by atoms with Crippen LogP contribution in [-0.4, -0.2) is 13.8 Å². The van der Waals surface area contributed by atoms with E-state index in [2.05, 4.69) is 30.0 Å². The molecule has 6 heteroatoms. The number of benzene rings is 1. The van der Waals surface area contributed by atoms with Crippen LogP contribution in [0.4, 0.5) is 17.3 Å². The van der Waals surface area contributed by atoms with Gasteiger partial charge >= 0.3 is 13.3 Å². The molecule has 1 nitrogen and oxygen atoms in total. The quantitative estimate of drug-likeness (QED) is 0.471. The molecule has 0 atom stereocenters. The number of nitrogens with zero attached hydrogens (tertiary/aromatic N) is 1. The Labute approximate surface area is 92.0 Å². The zero-order valence-corrected chi connectivity index (χ0v) is 9.05. The first-order chi connectivity index (χ1) is 7.33. The smallest absolute Gasteiger partial charge is 0.418 e. The molecular weight excluding hydrogens is 221 g/mol. The molecule has 0 fully saturated rings. The molecule has 0 heterocycles. The lowest BCUT2D eigenvalue weighted by molar-refractivity contribution is 0.368. The van der Waals surface area contributed by atoms with Gasteiger partial charge < -0.3 is 17.3 Å². The Morgan fingerprint density at radius 3 is 1.94 bits per heavy atom. The highest BCUT2D eigenvalue weighted by atomic mass is 19.5. The van der Waals surface area contributed by atoms with E-state index in [9.17, 15) is 17.3 Å². The number of hydrogen-bond donors (Lipinski definition) is 0. The van der Waals surface area contributed by atoms with Crippen LogP contribution < -0.4 is 0 Å². The summed E-state index contributed by atoms with van der Waals surface area (Å²) in [6.07, 6.45) is 0. The SMILES string of the molecule is CC[N+]#Cc1ccc(C)cc1.F[B-](F)(F)F. The van der Waals surface area contributed by atoms with Gasteiger partial charge in [-0.05, 0) is 19.1 Å². The molecule has 0 aliphatic rings. The van der Waals surface area contributed by atoms with Crippen LogP contribution in [0.15, 0.2) is 24.3 Å². The maximum Gasteiger partial charge on any atom is 0.673 e. The summed E-state index contributed by atoms with van der Waals surface area (Å²) in [6.45, 7) is 4.87.